The van der Waals surface area contributed by atoms with Gasteiger partial charge in [-0.15, -0.1) is 0 Å². The van der Waals surface area contributed by atoms with Crippen LogP contribution in [-0.2, 0) is 4.74 Å². The van der Waals surface area contributed by atoms with E-state index in [1.807, 2.05) is 38.1 Å². The molecule has 2 aromatic carbocycles. The van der Waals surface area contributed by atoms with Gasteiger partial charge in [-0.05, 0) is 48.1 Å². The minimum atomic E-state index is -0.481. The van der Waals surface area contributed by atoms with Crippen molar-refractivity contribution in [1.29, 1.82) is 0 Å². The molecular formula is C25H27NO4. The molecule has 1 atom stereocenters. The monoisotopic (exact) mass is 405 g/mol. The predicted octanol–water partition coefficient (Wildman–Crippen LogP) is 4.72. The zero-order chi connectivity index (χ0) is 21.6. The number of hydrogen-bond donors (Lipinski definition) is 0. The molecule has 5 nitrogen and oxygen atoms in total. The maximum absolute atomic E-state index is 13.6. The third kappa shape index (κ3) is 3.23. The highest BCUT2D eigenvalue weighted by Crippen LogP contribution is 2.38. The van der Waals surface area contributed by atoms with Crippen molar-refractivity contribution in [3.05, 3.63) is 80.2 Å². The quantitative estimate of drug-likeness (QED) is 0.616. The smallest absolute Gasteiger partial charge is 0.290 e. The van der Waals surface area contributed by atoms with E-state index in [4.69, 9.17) is 9.15 Å². The van der Waals surface area contributed by atoms with Crippen LogP contribution < -0.4 is 5.43 Å². The van der Waals surface area contributed by atoms with Gasteiger partial charge >= 0.3 is 0 Å². The van der Waals surface area contributed by atoms with E-state index in [9.17, 15) is 9.59 Å². The first kappa shape index (κ1) is 20.4. The lowest BCUT2D eigenvalue weighted by Gasteiger charge is -2.25. The number of rotatable bonds is 5. The molecule has 0 fully saturated rings. The molecule has 0 bridgehead atoms. The fraction of sp³-hybridized carbons (Fsp3) is 0.360. The van der Waals surface area contributed by atoms with Crippen LogP contribution in [0.25, 0.3) is 11.0 Å². The molecule has 0 saturated heterocycles. The average Bonchev–Trinajstić information content (AvgIpc) is 2.98. The molecule has 1 aliphatic rings. The summed E-state index contributed by atoms with van der Waals surface area (Å²) in [5.41, 5.74) is 4.72. The summed E-state index contributed by atoms with van der Waals surface area (Å²) < 4.78 is 11.3. The first-order chi connectivity index (χ1) is 14.3. The number of nitrogens with zero attached hydrogens (tertiary/aromatic N) is 1. The largest absolute Gasteiger partial charge is 0.450 e. The van der Waals surface area contributed by atoms with Crippen molar-refractivity contribution >= 4 is 16.9 Å². The first-order valence-corrected chi connectivity index (χ1v) is 10.3. The van der Waals surface area contributed by atoms with Gasteiger partial charge in [0.05, 0.1) is 23.6 Å². The van der Waals surface area contributed by atoms with Gasteiger partial charge < -0.3 is 14.1 Å². The third-order valence-corrected chi connectivity index (χ3v) is 5.87. The topological polar surface area (TPSA) is 59.8 Å². The highest BCUT2D eigenvalue weighted by molar-refractivity contribution is 5.99. The van der Waals surface area contributed by atoms with Crippen molar-refractivity contribution < 1.29 is 13.9 Å². The molecule has 1 aromatic heterocycles. The molecule has 30 heavy (non-hydrogen) atoms. The molecule has 0 aliphatic carbocycles. The maximum Gasteiger partial charge on any atom is 0.290 e. The zero-order valence-corrected chi connectivity index (χ0v) is 18.1. The number of benzene rings is 2. The van der Waals surface area contributed by atoms with Gasteiger partial charge in [-0.3, -0.25) is 9.59 Å². The minimum absolute atomic E-state index is 0.130. The van der Waals surface area contributed by atoms with Gasteiger partial charge in [-0.2, -0.15) is 0 Å². The standard InChI is InChI=1S/C25H27NO4/c1-14(2)17-6-8-18(9-7-17)22-21-23(27)20-16(4)12-15(3)13-19(20)30-24(21)25(28)26(22)10-11-29-5/h6-9,12-14,22H,10-11H2,1-5H3. The van der Waals surface area contributed by atoms with Crippen molar-refractivity contribution in [1.82, 2.24) is 4.90 Å². The highest BCUT2D eigenvalue weighted by atomic mass is 16.5. The number of aryl methyl sites for hydroxylation is 2. The van der Waals surface area contributed by atoms with Crippen LogP contribution in [0.15, 0.2) is 45.6 Å². The molecular weight excluding hydrogens is 378 g/mol. The molecule has 2 heterocycles. The van der Waals surface area contributed by atoms with Gasteiger partial charge in [0.15, 0.2) is 5.43 Å². The normalized spacial score (nSPS) is 16.0. The summed E-state index contributed by atoms with van der Waals surface area (Å²) >= 11 is 0. The molecule has 1 unspecified atom stereocenters. The highest BCUT2D eigenvalue weighted by Gasteiger charge is 2.42. The number of ether oxygens (including phenoxy) is 1. The van der Waals surface area contributed by atoms with Gasteiger partial charge in [0, 0.05) is 13.7 Å². The molecule has 3 aromatic rings. The van der Waals surface area contributed by atoms with E-state index in [0.29, 0.717) is 35.6 Å². The number of amides is 1. The summed E-state index contributed by atoms with van der Waals surface area (Å²) in [7, 11) is 1.60. The summed E-state index contributed by atoms with van der Waals surface area (Å²) in [5, 5.41) is 0.546. The van der Waals surface area contributed by atoms with Gasteiger partial charge in [0.2, 0.25) is 5.76 Å². The van der Waals surface area contributed by atoms with Crippen LogP contribution in [0, 0.1) is 13.8 Å². The summed E-state index contributed by atoms with van der Waals surface area (Å²) in [5.74, 6) is 0.283. The van der Waals surface area contributed by atoms with Crippen molar-refractivity contribution in [3.8, 4) is 0 Å². The average molecular weight is 405 g/mol. The van der Waals surface area contributed by atoms with E-state index in [1.54, 1.807) is 12.0 Å². The van der Waals surface area contributed by atoms with Crippen LogP contribution in [-0.4, -0.2) is 31.1 Å². The van der Waals surface area contributed by atoms with Crippen molar-refractivity contribution in [2.75, 3.05) is 20.3 Å². The van der Waals surface area contributed by atoms with E-state index >= 15 is 0 Å². The molecule has 1 amide bonds. The number of hydrogen-bond acceptors (Lipinski definition) is 4. The van der Waals surface area contributed by atoms with Crippen molar-refractivity contribution in [2.24, 2.45) is 0 Å². The second-order valence-electron chi connectivity index (χ2n) is 8.34. The first-order valence-electron chi connectivity index (χ1n) is 10.3. The molecule has 1 aliphatic heterocycles. The SMILES string of the molecule is COCCN1C(=O)c2oc3cc(C)cc(C)c3c(=O)c2C1c1ccc(C(C)C)cc1. The molecule has 156 valence electrons. The Labute approximate surface area is 176 Å². The summed E-state index contributed by atoms with van der Waals surface area (Å²) in [6.45, 7) is 8.89. The lowest BCUT2D eigenvalue weighted by atomic mass is 9.94. The summed E-state index contributed by atoms with van der Waals surface area (Å²) in [6.07, 6.45) is 0. The lowest BCUT2D eigenvalue weighted by Crippen LogP contribution is -2.32. The second kappa shape index (κ2) is 7.73. The second-order valence-corrected chi connectivity index (χ2v) is 8.34. The van der Waals surface area contributed by atoms with E-state index in [-0.39, 0.29) is 17.1 Å². The molecule has 4 rings (SSSR count). The lowest BCUT2D eigenvalue weighted by molar-refractivity contribution is 0.0663. The van der Waals surface area contributed by atoms with E-state index < -0.39 is 6.04 Å². The molecule has 0 saturated carbocycles. The zero-order valence-electron chi connectivity index (χ0n) is 18.1. The Morgan fingerprint density at radius 3 is 2.43 bits per heavy atom. The van der Waals surface area contributed by atoms with Crippen LogP contribution in [0.2, 0.25) is 0 Å². The number of methoxy groups -OCH3 is 1. The summed E-state index contributed by atoms with van der Waals surface area (Å²) in [6, 6.07) is 11.5. The maximum atomic E-state index is 13.6. The van der Waals surface area contributed by atoms with E-state index in [0.717, 1.165) is 16.7 Å². The Hall–Kier alpha value is -2.92. The van der Waals surface area contributed by atoms with E-state index in [2.05, 4.69) is 26.0 Å². The van der Waals surface area contributed by atoms with E-state index in [1.165, 1.54) is 5.56 Å². The van der Waals surface area contributed by atoms with Gasteiger partial charge in [-0.25, -0.2) is 0 Å². The number of fused-ring (bicyclic) bond motifs is 2. The van der Waals surface area contributed by atoms with Crippen LogP contribution in [0.1, 0.15) is 64.2 Å². The van der Waals surface area contributed by atoms with Gasteiger partial charge in [0.25, 0.3) is 5.91 Å². The predicted molar refractivity (Wildman–Crippen MR) is 117 cm³/mol. The molecule has 0 N–H and O–H groups in total. The van der Waals surface area contributed by atoms with Crippen LogP contribution in [0.4, 0.5) is 0 Å². The Bertz CT molecular complexity index is 1170. The Morgan fingerprint density at radius 1 is 1.10 bits per heavy atom. The molecule has 0 radical (unpaired) electrons. The minimum Gasteiger partial charge on any atom is -0.450 e. The number of carbonyl (C=O) groups excluding carboxylic acids is 1. The van der Waals surface area contributed by atoms with Crippen LogP contribution in [0.3, 0.4) is 0 Å². The number of carbonyl (C=O) groups is 1. The Kier molecular flexibility index (Phi) is 5.24. The molecule has 0 spiro atoms. The Balaban J connectivity index is 1.95. The Morgan fingerprint density at radius 2 is 1.80 bits per heavy atom. The molecule has 5 heteroatoms. The van der Waals surface area contributed by atoms with Gasteiger partial charge in [0.1, 0.15) is 5.58 Å². The van der Waals surface area contributed by atoms with Crippen molar-refractivity contribution in [2.45, 2.75) is 39.7 Å². The third-order valence-electron chi connectivity index (χ3n) is 5.87. The van der Waals surface area contributed by atoms with Crippen LogP contribution in [0.5, 0.6) is 0 Å². The van der Waals surface area contributed by atoms with Crippen LogP contribution >= 0.6 is 0 Å². The van der Waals surface area contributed by atoms with Crippen molar-refractivity contribution in [3.63, 3.8) is 0 Å². The van der Waals surface area contributed by atoms with Gasteiger partial charge in [-0.1, -0.05) is 44.2 Å². The fourth-order valence-corrected chi connectivity index (χ4v) is 4.34. The summed E-state index contributed by atoms with van der Waals surface area (Å²) in [4.78, 5) is 28.6. The fourth-order valence-electron chi connectivity index (χ4n) is 4.34.